The average Bonchev–Trinajstić information content (AvgIpc) is 2.31. The van der Waals surface area contributed by atoms with Gasteiger partial charge in [-0.05, 0) is 24.6 Å². The molecule has 0 aliphatic carbocycles. The van der Waals surface area contributed by atoms with E-state index in [2.05, 4.69) is 21.7 Å². The Bertz CT molecular complexity index is 355. The maximum absolute atomic E-state index is 5.43. The molecule has 0 spiro atoms. The van der Waals surface area contributed by atoms with Crippen molar-refractivity contribution in [3.8, 4) is 5.75 Å². The summed E-state index contributed by atoms with van der Waals surface area (Å²) in [7, 11) is 3.58. The molecular formula is C12H20IN3O. The molecule has 0 aliphatic rings. The molecule has 0 atom stereocenters. The number of benzene rings is 1. The molecule has 4 nitrogen and oxygen atoms in total. The Hall–Kier alpha value is -0.980. The van der Waals surface area contributed by atoms with Gasteiger partial charge in [0.15, 0.2) is 5.96 Å². The van der Waals surface area contributed by atoms with Gasteiger partial charge in [0.25, 0.3) is 0 Å². The van der Waals surface area contributed by atoms with Gasteiger partial charge < -0.3 is 15.4 Å². The minimum atomic E-state index is 0. The van der Waals surface area contributed by atoms with Gasteiger partial charge in [0.1, 0.15) is 5.75 Å². The molecule has 0 fully saturated rings. The number of hydrogen-bond donors (Lipinski definition) is 2. The molecule has 17 heavy (non-hydrogen) atoms. The zero-order valence-corrected chi connectivity index (χ0v) is 12.8. The van der Waals surface area contributed by atoms with Crippen LogP contribution in [0.15, 0.2) is 29.3 Å². The predicted octanol–water partition coefficient (Wildman–Crippen LogP) is 2.00. The summed E-state index contributed by atoms with van der Waals surface area (Å²) in [6.45, 7) is 3.40. The minimum Gasteiger partial charge on any atom is -0.494 e. The van der Waals surface area contributed by atoms with Crippen molar-refractivity contribution >= 4 is 29.9 Å². The van der Waals surface area contributed by atoms with Crippen molar-refractivity contribution in [1.29, 1.82) is 0 Å². The number of ether oxygens (including phenoxy) is 1. The number of rotatable bonds is 4. The molecular weight excluding hydrogens is 329 g/mol. The monoisotopic (exact) mass is 349 g/mol. The molecule has 0 bridgehead atoms. The maximum Gasteiger partial charge on any atom is 0.190 e. The predicted molar refractivity (Wildman–Crippen MR) is 82.3 cm³/mol. The first-order valence-electron chi connectivity index (χ1n) is 5.40. The lowest BCUT2D eigenvalue weighted by Gasteiger charge is -2.09. The van der Waals surface area contributed by atoms with E-state index in [1.54, 1.807) is 7.05 Å². The van der Waals surface area contributed by atoms with Crippen LogP contribution >= 0.6 is 24.0 Å². The smallest absolute Gasteiger partial charge is 0.190 e. The van der Waals surface area contributed by atoms with Crippen LogP contribution < -0.4 is 15.4 Å². The van der Waals surface area contributed by atoms with Crippen molar-refractivity contribution in [2.45, 2.75) is 13.5 Å². The standard InChI is InChI=1S/C12H19N3O.HI/c1-4-16-11-7-5-6-10(8-11)9-15-12(13-2)14-3;/h5-8H,4,9H2,1-3H3,(H2,13,14,15);1H. The van der Waals surface area contributed by atoms with E-state index in [-0.39, 0.29) is 24.0 Å². The topological polar surface area (TPSA) is 45.6 Å². The molecule has 96 valence electrons. The van der Waals surface area contributed by atoms with Gasteiger partial charge in [-0.15, -0.1) is 24.0 Å². The largest absolute Gasteiger partial charge is 0.494 e. The van der Waals surface area contributed by atoms with Crippen molar-refractivity contribution in [3.63, 3.8) is 0 Å². The molecule has 5 heteroatoms. The van der Waals surface area contributed by atoms with Crippen molar-refractivity contribution in [2.24, 2.45) is 4.99 Å². The first-order valence-corrected chi connectivity index (χ1v) is 5.40. The molecule has 0 aliphatic heterocycles. The van der Waals surface area contributed by atoms with Crippen molar-refractivity contribution in [1.82, 2.24) is 10.6 Å². The number of guanidine groups is 1. The number of halogens is 1. The van der Waals surface area contributed by atoms with Crippen LogP contribution in [-0.2, 0) is 6.54 Å². The van der Waals surface area contributed by atoms with Gasteiger partial charge in [-0.3, -0.25) is 4.99 Å². The summed E-state index contributed by atoms with van der Waals surface area (Å²) in [5.74, 6) is 1.68. The lowest BCUT2D eigenvalue weighted by atomic mass is 10.2. The molecule has 0 unspecified atom stereocenters. The fourth-order valence-electron chi connectivity index (χ4n) is 1.38. The van der Waals surface area contributed by atoms with E-state index in [4.69, 9.17) is 4.74 Å². The number of aliphatic imine (C=N–C) groups is 1. The van der Waals surface area contributed by atoms with Gasteiger partial charge in [-0.1, -0.05) is 12.1 Å². The second-order valence-corrected chi connectivity index (χ2v) is 3.26. The second kappa shape index (κ2) is 9.09. The van der Waals surface area contributed by atoms with Crippen LogP contribution in [0.4, 0.5) is 0 Å². The highest BCUT2D eigenvalue weighted by Crippen LogP contribution is 2.12. The summed E-state index contributed by atoms with van der Waals surface area (Å²) >= 11 is 0. The Kier molecular flexibility index (Phi) is 8.57. The van der Waals surface area contributed by atoms with Crippen molar-refractivity contribution < 1.29 is 4.74 Å². The van der Waals surface area contributed by atoms with Gasteiger partial charge in [0.2, 0.25) is 0 Å². The van der Waals surface area contributed by atoms with Crippen LogP contribution in [0.5, 0.6) is 5.75 Å². The van der Waals surface area contributed by atoms with E-state index >= 15 is 0 Å². The molecule has 1 aromatic carbocycles. The Balaban J connectivity index is 0.00000256. The van der Waals surface area contributed by atoms with E-state index in [1.165, 1.54) is 5.56 Å². The first-order chi connectivity index (χ1) is 7.80. The van der Waals surface area contributed by atoms with E-state index in [9.17, 15) is 0 Å². The molecule has 0 radical (unpaired) electrons. The van der Waals surface area contributed by atoms with Crippen LogP contribution in [0.25, 0.3) is 0 Å². The van der Waals surface area contributed by atoms with E-state index < -0.39 is 0 Å². The van der Waals surface area contributed by atoms with Gasteiger partial charge in [-0.2, -0.15) is 0 Å². The first kappa shape index (κ1) is 16.0. The zero-order chi connectivity index (χ0) is 11.8. The van der Waals surface area contributed by atoms with Crippen LogP contribution in [0.3, 0.4) is 0 Å². The van der Waals surface area contributed by atoms with E-state index in [0.717, 1.165) is 18.3 Å². The third kappa shape index (κ3) is 5.76. The van der Waals surface area contributed by atoms with Crippen molar-refractivity contribution in [2.75, 3.05) is 20.7 Å². The molecule has 0 saturated carbocycles. The fraction of sp³-hybridized carbons (Fsp3) is 0.417. The van der Waals surface area contributed by atoms with Crippen LogP contribution in [0, 0.1) is 0 Å². The molecule has 0 saturated heterocycles. The molecule has 0 aromatic heterocycles. The summed E-state index contributed by atoms with van der Waals surface area (Å²) in [5, 5.41) is 6.16. The second-order valence-electron chi connectivity index (χ2n) is 3.26. The fourth-order valence-corrected chi connectivity index (χ4v) is 1.38. The summed E-state index contributed by atoms with van der Waals surface area (Å²) in [5.41, 5.74) is 1.17. The van der Waals surface area contributed by atoms with E-state index in [0.29, 0.717) is 6.61 Å². The SMILES string of the molecule is CCOc1cccc(CNC(=NC)NC)c1.I. The molecule has 1 aromatic rings. The zero-order valence-electron chi connectivity index (χ0n) is 10.5. The minimum absolute atomic E-state index is 0. The third-order valence-corrected chi connectivity index (χ3v) is 2.13. The average molecular weight is 349 g/mol. The maximum atomic E-state index is 5.43. The third-order valence-electron chi connectivity index (χ3n) is 2.13. The van der Waals surface area contributed by atoms with E-state index in [1.807, 2.05) is 32.2 Å². The number of hydrogen-bond acceptors (Lipinski definition) is 2. The van der Waals surface area contributed by atoms with Gasteiger partial charge in [0.05, 0.1) is 6.61 Å². The number of nitrogens with zero attached hydrogens (tertiary/aromatic N) is 1. The summed E-state index contributed by atoms with van der Waals surface area (Å²) in [4.78, 5) is 4.04. The van der Waals surface area contributed by atoms with Crippen LogP contribution in [-0.4, -0.2) is 26.7 Å². The lowest BCUT2D eigenvalue weighted by Crippen LogP contribution is -2.34. The Morgan fingerprint density at radius 1 is 1.41 bits per heavy atom. The lowest BCUT2D eigenvalue weighted by molar-refractivity contribution is 0.340. The molecule has 0 heterocycles. The Morgan fingerprint density at radius 2 is 2.18 bits per heavy atom. The Morgan fingerprint density at radius 3 is 2.76 bits per heavy atom. The van der Waals surface area contributed by atoms with Gasteiger partial charge >= 0.3 is 0 Å². The Labute approximate surface area is 120 Å². The van der Waals surface area contributed by atoms with Crippen LogP contribution in [0.1, 0.15) is 12.5 Å². The van der Waals surface area contributed by atoms with Crippen molar-refractivity contribution in [3.05, 3.63) is 29.8 Å². The summed E-state index contributed by atoms with van der Waals surface area (Å²) < 4.78 is 5.43. The van der Waals surface area contributed by atoms with Gasteiger partial charge in [-0.25, -0.2) is 0 Å². The highest BCUT2D eigenvalue weighted by atomic mass is 127. The van der Waals surface area contributed by atoms with Gasteiger partial charge in [0, 0.05) is 20.6 Å². The molecule has 1 rings (SSSR count). The highest BCUT2D eigenvalue weighted by molar-refractivity contribution is 14.0. The quantitative estimate of drug-likeness (QED) is 0.497. The molecule has 2 N–H and O–H groups in total. The summed E-state index contributed by atoms with van der Waals surface area (Å²) in [6, 6.07) is 8.03. The summed E-state index contributed by atoms with van der Waals surface area (Å²) in [6.07, 6.45) is 0. The van der Waals surface area contributed by atoms with Crippen LogP contribution in [0.2, 0.25) is 0 Å². The highest BCUT2D eigenvalue weighted by Gasteiger charge is 1.97. The number of nitrogens with one attached hydrogen (secondary N) is 2. The molecule has 0 amide bonds. The normalized spacial score (nSPS) is 10.4.